The van der Waals surface area contributed by atoms with Crippen LogP contribution in [0.25, 0.3) is 11.3 Å². The quantitative estimate of drug-likeness (QED) is 0.351. The van der Waals surface area contributed by atoms with Gasteiger partial charge >= 0.3 is 0 Å². The van der Waals surface area contributed by atoms with E-state index in [1.807, 2.05) is 6.07 Å². The zero-order chi connectivity index (χ0) is 29.0. The minimum atomic E-state index is -0.350. The van der Waals surface area contributed by atoms with Crippen LogP contribution >= 0.6 is 0 Å². The van der Waals surface area contributed by atoms with Gasteiger partial charge in [-0.1, -0.05) is 13.8 Å². The first-order valence-electron chi connectivity index (χ1n) is 15.4. The van der Waals surface area contributed by atoms with Gasteiger partial charge in [0.15, 0.2) is 5.82 Å². The second-order valence-electron chi connectivity index (χ2n) is 13.6. The highest BCUT2D eigenvalue weighted by Gasteiger charge is 2.53. The molecule has 9 nitrogen and oxygen atoms in total. The fraction of sp³-hybridized carbons (Fsp3) is 0.594. The maximum Gasteiger partial charge on any atom is 0.282 e. The molecule has 0 bridgehead atoms. The number of nitrogens with zero attached hydrogens (tertiary/aromatic N) is 8. The first-order valence-corrected chi connectivity index (χ1v) is 15.4. The number of halogens is 1. The molecule has 3 aromatic rings. The van der Waals surface area contributed by atoms with Crippen LogP contribution in [-0.2, 0) is 0 Å². The van der Waals surface area contributed by atoms with E-state index < -0.39 is 0 Å². The maximum absolute atomic E-state index is 14.5. The van der Waals surface area contributed by atoms with Gasteiger partial charge in [-0.25, -0.2) is 9.37 Å². The molecule has 4 heterocycles. The molecule has 2 aromatic heterocycles. The topological polar surface area (TPSA) is 83.4 Å². The molecule has 0 amide bonds. The first-order chi connectivity index (χ1) is 20.3. The molecule has 0 N–H and O–H groups in total. The summed E-state index contributed by atoms with van der Waals surface area (Å²) in [6.45, 7) is 8.84. The van der Waals surface area contributed by atoms with Crippen LogP contribution in [0.15, 0.2) is 36.8 Å². The second-order valence-corrected chi connectivity index (χ2v) is 13.6. The Kier molecular flexibility index (Phi) is 7.09. The third-order valence-corrected chi connectivity index (χ3v) is 10.0. The van der Waals surface area contributed by atoms with E-state index in [0.717, 1.165) is 63.0 Å². The molecule has 1 aromatic carbocycles. The van der Waals surface area contributed by atoms with Crippen LogP contribution in [0, 0.1) is 23.1 Å². The lowest BCUT2D eigenvalue weighted by Crippen LogP contribution is -2.65. The van der Waals surface area contributed by atoms with Crippen LogP contribution in [0.5, 0.6) is 11.6 Å². The lowest BCUT2D eigenvalue weighted by molar-refractivity contribution is -0.0762. The molecule has 7 rings (SSSR count). The highest BCUT2D eigenvalue weighted by Crippen LogP contribution is 2.49. The molecular weight excluding hydrogens is 531 g/mol. The van der Waals surface area contributed by atoms with Crippen molar-refractivity contribution in [1.29, 1.82) is 0 Å². The Morgan fingerprint density at radius 2 is 1.86 bits per heavy atom. The Balaban J connectivity index is 1.08. The molecule has 4 fully saturated rings. The molecule has 2 aliphatic heterocycles. The zero-order valence-electron chi connectivity index (χ0n) is 25.1. The van der Waals surface area contributed by atoms with Crippen molar-refractivity contribution in [2.45, 2.75) is 64.0 Å². The summed E-state index contributed by atoms with van der Waals surface area (Å²) < 4.78 is 20.9. The van der Waals surface area contributed by atoms with Crippen molar-refractivity contribution in [3.63, 3.8) is 0 Å². The van der Waals surface area contributed by atoms with E-state index in [1.54, 1.807) is 12.3 Å². The molecule has 2 saturated carbocycles. The van der Waals surface area contributed by atoms with Crippen molar-refractivity contribution in [3.8, 4) is 22.9 Å². The summed E-state index contributed by atoms with van der Waals surface area (Å²) in [6, 6.07) is 7.86. The number of benzene rings is 1. The summed E-state index contributed by atoms with van der Waals surface area (Å²) in [4.78, 5) is 12.0. The summed E-state index contributed by atoms with van der Waals surface area (Å²) in [7, 11) is 4.41. The Morgan fingerprint density at radius 1 is 1.05 bits per heavy atom. The SMILES string of the molecule is CC(C)[C@@H](C1CC(N(C)C)C1)N1CC2(CCN(c3ncnnc3Oc3ccc(F)cc3-c3nnccc3C3CC3)C2)C1. The Morgan fingerprint density at radius 3 is 2.60 bits per heavy atom. The van der Waals surface area contributed by atoms with Gasteiger partial charge in [0.2, 0.25) is 0 Å². The van der Waals surface area contributed by atoms with Gasteiger partial charge in [-0.05, 0) is 93.8 Å². The molecule has 4 aliphatic rings. The number of hydrogen-bond acceptors (Lipinski definition) is 9. The van der Waals surface area contributed by atoms with Gasteiger partial charge in [0.25, 0.3) is 5.88 Å². The van der Waals surface area contributed by atoms with Crippen molar-refractivity contribution in [1.82, 2.24) is 35.2 Å². The van der Waals surface area contributed by atoms with Crippen LogP contribution in [0.4, 0.5) is 10.2 Å². The van der Waals surface area contributed by atoms with Gasteiger partial charge in [0.05, 0.1) is 0 Å². The monoisotopic (exact) mass is 572 g/mol. The van der Waals surface area contributed by atoms with Crippen LogP contribution in [0.3, 0.4) is 0 Å². The molecule has 2 aliphatic carbocycles. The van der Waals surface area contributed by atoms with Crippen molar-refractivity contribution in [2.75, 3.05) is 45.2 Å². The smallest absolute Gasteiger partial charge is 0.282 e. The molecule has 0 radical (unpaired) electrons. The molecule has 0 unspecified atom stereocenters. The molecule has 1 atom stereocenters. The number of anilines is 1. The normalized spacial score (nSPS) is 24.2. The summed E-state index contributed by atoms with van der Waals surface area (Å²) in [5, 5.41) is 16.9. The summed E-state index contributed by atoms with van der Waals surface area (Å²) >= 11 is 0. The van der Waals surface area contributed by atoms with Crippen LogP contribution in [-0.4, -0.2) is 87.5 Å². The van der Waals surface area contributed by atoms with Gasteiger partial charge in [-0.2, -0.15) is 10.2 Å². The number of hydrogen-bond donors (Lipinski definition) is 0. The van der Waals surface area contributed by atoms with Crippen LogP contribution in [0.2, 0.25) is 0 Å². The average Bonchev–Trinajstić information content (AvgIpc) is 3.68. The molecular formula is C32H41FN8O. The minimum absolute atomic E-state index is 0.264. The van der Waals surface area contributed by atoms with E-state index >= 15 is 0 Å². The Bertz CT molecular complexity index is 1430. The van der Waals surface area contributed by atoms with Crippen molar-refractivity contribution in [2.24, 2.45) is 17.3 Å². The summed E-state index contributed by atoms with van der Waals surface area (Å²) in [6.07, 6.45) is 9.11. The third kappa shape index (κ3) is 5.13. The number of aromatic nitrogens is 5. The fourth-order valence-corrected chi connectivity index (χ4v) is 7.69. The molecule has 2 saturated heterocycles. The van der Waals surface area contributed by atoms with E-state index in [-0.39, 0.29) is 11.2 Å². The van der Waals surface area contributed by atoms with E-state index in [4.69, 9.17) is 4.74 Å². The first kappa shape index (κ1) is 27.6. The Hall–Kier alpha value is -3.24. The van der Waals surface area contributed by atoms with Gasteiger partial charge in [-0.3, -0.25) is 4.90 Å². The largest absolute Gasteiger partial charge is 0.434 e. The molecule has 222 valence electrons. The number of rotatable bonds is 9. The van der Waals surface area contributed by atoms with Crippen molar-refractivity contribution >= 4 is 5.82 Å². The number of likely N-dealkylation sites (tertiary alicyclic amines) is 1. The van der Waals surface area contributed by atoms with E-state index in [0.29, 0.717) is 46.6 Å². The molecule has 10 heteroatoms. The summed E-state index contributed by atoms with van der Waals surface area (Å²) in [5.74, 6) is 3.01. The van der Waals surface area contributed by atoms with E-state index in [9.17, 15) is 4.39 Å². The predicted molar refractivity (Wildman–Crippen MR) is 159 cm³/mol. The third-order valence-electron chi connectivity index (χ3n) is 10.0. The zero-order valence-corrected chi connectivity index (χ0v) is 25.1. The Labute approximate surface area is 247 Å². The molecule has 42 heavy (non-hydrogen) atoms. The fourth-order valence-electron chi connectivity index (χ4n) is 7.69. The average molecular weight is 573 g/mol. The number of ether oxygens (including phenoxy) is 1. The van der Waals surface area contributed by atoms with Gasteiger partial charge in [0.1, 0.15) is 23.6 Å². The van der Waals surface area contributed by atoms with E-state index in [1.165, 1.54) is 31.3 Å². The van der Waals surface area contributed by atoms with Gasteiger partial charge in [0, 0.05) is 55.4 Å². The van der Waals surface area contributed by atoms with E-state index in [2.05, 4.69) is 68.0 Å². The molecule has 1 spiro atoms. The lowest BCUT2D eigenvalue weighted by atomic mass is 9.68. The minimum Gasteiger partial charge on any atom is -0.434 e. The van der Waals surface area contributed by atoms with Crippen LogP contribution < -0.4 is 9.64 Å². The lowest BCUT2D eigenvalue weighted by Gasteiger charge is -2.57. The second kappa shape index (κ2) is 10.8. The highest BCUT2D eigenvalue weighted by molar-refractivity contribution is 5.71. The van der Waals surface area contributed by atoms with Gasteiger partial charge in [-0.15, -0.1) is 10.2 Å². The van der Waals surface area contributed by atoms with Gasteiger partial charge < -0.3 is 14.5 Å². The predicted octanol–water partition coefficient (Wildman–Crippen LogP) is 5.01. The van der Waals surface area contributed by atoms with Crippen molar-refractivity contribution < 1.29 is 9.13 Å². The summed E-state index contributed by atoms with van der Waals surface area (Å²) in [5.41, 5.74) is 2.57. The highest BCUT2D eigenvalue weighted by atomic mass is 19.1. The van der Waals surface area contributed by atoms with Crippen LogP contribution in [0.1, 0.15) is 57.4 Å². The standard InChI is InChI=1S/C32H41FN8O/c1-20(2)29(22-13-24(14-22)39(3)4)41-17-32(18-41)10-12-40(16-32)30-31(38-36-19-34-30)42-27-8-7-23(33)15-26(27)28-25(21-5-6-21)9-11-35-37-28/h7-9,11,15,19-22,24,29H,5-6,10,12-14,16-18H2,1-4H3/t22?,24?,29-/m0/s1. The maximum atomic E-state index is 14.5. The van der Waals surface area contributed by atoms with Crippen molar-refractivity contribution in [3.05, 3.63) is 48.2 Å².